The van der Waals surface area contributed by atoms with Crippen LogP contribution in [0.2, 0.25) is 0 Å². The molecule has 1 fully saturated rings. The van der Waals surface area contributed by atoms with Gasteiger partial charge in [0, 0.05) is 18.8 Å². The van der Waals surface area contributed by atoms with Crippen molar-refractivity contribution in [2.45, 2.75) is 18.9 Å². The highest BCUT2D eigenvalue weighted by atomic mass is 32.1. The third-order valence-electron chi connectivity index (χ3n) is 6.08. The van der Waals surface area contributed by atoms with Crippen LogP contribution < -0.4 is 20.9 Å². The number of benzene rings is 2. The van der Waals surface area contributed by atoms with Crippen molar-refractivity contribution >= 4 is 61.3 Å². The number of fused-ring (bicyclic) bond motifs is 1. The molecule has 0 aliphatic carbocycles. The number of piperidine rings is 1. The molecule has 1 unspecified atom stereocenters. The van der Waals surface area contributed by atoms with Crippen LogP contribution >= 0.6 is 11.3 Å². The molecule has 2 aliphatic heterocycles. The topological polar surface area (TPSA) is 86.4 Å². The van der Waals surface area contributed by atoms with Crippen LogP contribution in [0.4, 0.5) is 21.9 Å². The van der Waals surface area contributed by atoms with E-state index in [0.29, 0.717) is 10.6 Å². The largest absolute Gasteiger partial charge is 0.347 e. The number of aromatic nitrogens is 1. The number of anilines is 3. The van der Waals surface area contributed by atoms with E-state index in [4.69, 9.17) is 0 Å². The summed E-state index contributed by atoms with van der Waals surface area (Å²) in [7, 11) is 0. The summed E-state index contributed by atoms with van der Waals surface area (Å²) in [6, 6.07) is 15.6. The van der Waals surface area contributed by atoms with Crippen LogP contribution in [0.15, 0.2) is 54.7 Å². The first kappa shape index (κ1) is 19.2. The number of rotatable bonds is 3. The van der Waals surface area contributed by atoms with E-state index in [-0.39, 0.29) is 18.0 Å². The minimum Gasteiger partial charge on any atom is -0.347 e. The standard InChI is InChI=1S/C24H21N5O2S/c30-22(27-16-6-3-10-25-13-16)21-20-19-18(9-11-26-23(19)32-21)29(24(31)28-20)17-8-7-14-4-1-2-5-15(14)12-17/h1-2,4-5,7-9,11-12,16,25H,3,6,10,13H2,(H,27,30)(H,28,31). The number of carbonyl (C=O) groups is 2. The predicted octanol–water partition coefficient (Wildman–Crippen LogP) is 4.61. The van der Waals surface area contributed by atoms with Crippen molar-refractivity contribution < 1.29 is 9.59 Å². The molecule has 7 nitrogen and oxygen atoms in total. The molecule has 3 amide bonds. The maximum absolute atomic E-state index is 13.3. The molecule has 2 aromatic heterocycles. The van der Waals surface area contributed by atoms with Crippen LogP contribution in [0.5, 0.6) is 0 Å². The van der Waals surface area contributed by atoms with E-state index in [1.165, 1.54) is 11.3 Å². The predicted molar refractivity (Wildman–Crippen MR) is 128 cm³/mol. The highest BCUT2D eigenvalue weighted by Crippen LogP contribution is 2.45. The van der Waals surface area contributed by atoms with Gasteiger partial charge in [-0.1, -0.05) is 30.3 Å². The molecule has 1 saturated heterocycles. The Labute approximate surface area is 188 Å². The molecular formula is C24H21N5O2S. The van der Waals surface area contributed by atoms with Gasteiger partial charge in [-0.2, -0.15) is 0 Å². The Morgan fingerprint density at radius 2 is 2.03 bits per heavy atom. The zero-order valence-corrected chi connectivity index (χ0v) is 18.0. The van der Waals surface area contributed by atoms with Gasteiger partial charge in [0.2, 0.25) is 0 Å². The Bertz CT molecular complexity index is 1380. The third kappa shape index (κ3) is 3.11. The fourth-order valence-corrected chi connectivity index (χ4v) is 5.56. The number of pyridine rings is 1. The number of hydrogen-bond acceptors (Lipinski definition) is 5. The number of nitrogens with zero attached hydrogens (tertiary/aromatic N) is 2. The highest BCUT2D eigenvalue weighted by Gasteiger charge is 2.33. The quantitative estimate of drug-likeness (QED) is 0.431. The number of carbonyl (C=O) groups excluding carboxylic acids is 2. The Morgan fingerprint density at radius 3 is 2.88 bits per heavy atom. The molecule has 8 heteroatoms. The lowest BCUT2D eigenvalue weighted by atomic mass is 10.1. The number of nitrogens with one attached hydrogen (secondary N) is 3. The van der Waals surface area contributed by atoms with Gasteiger partial charge < -0.3 is 16.0 Å². The smallest absolute Gasteiger partial charge is 0.331 e. The van der Waals surface area contributed by atoms with Crippen LogP contribution in [0.3, 0.4) is 0 Å². The van der Waals surface area contributed by atoms with Crippen LogP contribution in [-0.4, -0.2) is 36.1 Å². The van der Waals surface area contributed by atoms with Crippen LogP contribution in [0, 0.1) is 0 Å². The van der Waals surface area contributed by atoms with Crippen molar-refractivity contribution in [3.05, 3.63) is 59.6 Å². The van der Waals surface area contributed by atoms with E-state index in [0.717, 1.165) is 58.3 Å². The van der Waals surface area contributed by atoms with E-state index in [1.807, 2.05) is 48.5 Å². The Morgan fingerprint density at radius 1 is 1.16 bits per heavy atom. The molecule has 4 heterocycles. The summed E-state index contributed by atoms with van der Waals surface area (Å²) < 4.78 is 0. The minimum absolute atomic E-state index is 0.0921. The number of urea groups is 1. The second-order valence-corrected chi connectivity index (χ2v) is 9.13. The third-order valence-corrected chi connectivity index (χ3v) is 7.17. The molecule has 3 N–H and O–H groups in total. The zero-order valence-electron chi connectivity index (χ0n) is 17.2. The Hall–Kier alpha value is -3.49. The van der Waals surface area contributed by atoms with E-state index >= 15 is 0 Å². The van der Waals surface area contributed by atoms with Gasteiger partial charge in [0.15, 0.2) is 0 Å². The second kappa shape index (κ2) is 7.58. The molecule has 0 bridgehead atoms. The van der Waals surface area contributed by atoms with Crippen LogP contribution in [0.25, 0.3) is 21.0 Å². The lowest BCUT2D eigenvalue weighted by molar-refractivity contribution is 0.0935. The van der Waals surface area contributed by atoms with Gasteiger partial charge in [0.1, 0.15) is 9.71 Å². The molecular weight excluding hydrogens is 422 g/mol. The van der Waals surface area contributed by atoms with Crippen molar-refractivity contribution in [2.75, 3.05) is 23.3 Å². The van der Waals surface area contributed by atoms with Crippen molar-refractivity contribution in [2.24, 2.45) is 0 Å². The summed E-state index contributed by atoms with van der Waals surface area (Å²) in [4.78, 5) is 33.7. The Balaban J connectivity index is 1.43. The summed E-state index contributed by atoms with van der Waals surface area (Å²) >= 11 is 1.32. The number of hydrogen-bond donors (Lipinski definition) is 3. The van der Waals surface area contributed by atoms with E-state index in [2.05, 4.69) is 20.9 Å². The molecule has 2 aliphatic rings. The molecule has 0 saturated carbocycles. The molecule has 2 aromatic carbocycles. The van der Waals surface area contributed by atoms with Gasteiger partial charge in [-0.05, 0) is 48.4 Å². The van der Waals surface area contributed by atoms with Gasteiger partial charge in [-0.15, -0.1) is 11.3 Å². The van der Waals surface area contributed by atoms with E-state index in [9.17, 15) is 9.59 Å². The minimum atomic E-state index is -0.285. The monoisotopic (exact) mass is 443 g/mol. The van der Waals surface area contributed by atoms with Crippen molar-refractivity contribution in [3.63, 3.8) is 0 Å². The molecule has 0 radical (unpaired) electrons. The molecule has 4 aromatic rings. The van der Waals surface area contributed by atoms with Gasteiger partial charge in [-0.3, -0.25) is 9.69 Å². The SMILES string of the molecule is O=C(NC1CCCNC1)c1sc2nccc3c2c1NC(=O)N3c1ccc2ccccc2c1. The Kier molecular flexibility index (Phi) is 4.55. The average molecular weight is 444 g/mol. The van der Waals surface area contributed by atoms with E-state index < -0.39 is 0 Å². The first-order valence-electron chi connectivity index (χ1n) is 10.7. The van der Waals surface area contributed by atoms with Crippen molar-refractivity contribution in [1.29, 1.82) is 0 Å². The summed E-state index contributed by atoms with van der Waals surface area (Å²) in [6.07, 6.45) is 3.68. The molecule has 160 valence electrons. The number of amides is 3. The van der Waals surface area contributed by atoms with Crippen LogP contribution in [-0.2, 0) is 0 Å². The normalized spacial score (nSPS) is 18.1. The van der Waals surface area contributed by atoms with Crippen LogP contribution in [0.1, 0.15) is 22.5 Å². The molecule has 32 heavy (non-hydrogen) atoms. The summed E-state index contributed by atoms with van der Waals surface area (Å²) in [5.74, 6) is -0.165. The lowest BCUT2D eigenvalue weighted by Crippen LogP contribution is -2.45. The van der Waals surface area contributed by atoms with Crippen molar-refractivity contribution in [1.82, 2.24) is 15.6 Å². The van der Waals surface area contributed by atoms with Gasteiger partial charge in [-0.25, -0.2) is 9.78 Å². The fraction of sp³-hybridized carbons (Fsp3) is 0.208. The highest BCUT2D eigenvalue weighted by molar-refractivity contribution is 7.21. The van der Waals surface area contributed by atoms with E-state index in [1.54, 1.807) is 11.1 Å². The summed E-state index contributed by atoms with van der Waals surface area (Å²) in [6.45, 7) is 1.74. The maximum atomic E-state index is 13.3. The summed E-state index contributed by atoms with van der Waals surface area (Å²) in [5.41, 5.74) is 2.06. The molecule has 1 atom stereocenters. The second-order valence-electron chi connectivity index (χ2n) is 8.13. The number of thiophene rings is 1. The molecule has 0 spiro atoms. The lowest BCUT2D eigenvalue weighted by Gasteiger charge is -2.29. The van der Waals surface area contributed by atoms with Gasteiger partial charge in [0.05, 0.1) is 22.4 Å². The fourth-order valence-electron chi connectivity index (χ4n) is 4.54. The van der Waals surface area contributed by atoms with Gasteiger partial charge >= 0.3 is 6.03 Å². The average Bonchev–Trinajstić information content (AvgIpc) is 3.19. The maximum Gasteiger partial charge on any atom is 0.331 e. The van der Waals surface area contributed by atoms with Crippen molar-refractivity contribution in [3.8, 4) is 0 Å². The van der Waals surface area contributed by atoms with Gasteiger partial charge in [0.25, 0.3) is 5.91 Å². The zero-order chi connectivity index (χ0) is 21.7. The summed E-state index contributed by atoms with van der Waals surface area (Å²) in [5, 5.41) is 12.4. The molecule has 6 rings (SSSR count). The first-order chi connectivity index (χ1) is 15.7. The first-order valence-corrected chi connectivity index (χ1v) is 11.5.